The van der Waals surface area contributed by atoms with E-state index in [1.807, 2.05) is 12.3 Å². The molecule has 1 fully saturated rings. The Kier molecular flexibility index (Phi) is 4.59. The summed E-state index contributed by atoms with van der Waals surface area (Å²) in [6, 6.07) is 4.64. The van der Waals surface area contributed by atoms with E-state index < -0.39 is 0 Å². The first kappa shape index (κ1) is 13.3. The van der Waals surface area contributed by atoms with Crippen molar-refractivity contribution in [1.82, 2.24) is 10.3 Å². The molecule has 18 heavy (non-hydrogen) atoms. The summed E-state index contributed by atoms with van der Waals surface area (Å²) in [7, 11) is 1.64. The highest BCUT2D eigenvalue weighted by molar-refractivity contribution is 5.17. The van der Waals surface area contributed by atoms with Gasteiger partial charge in [0.15, 0.2) is 0 Å². The molecule has 3 heteroatoms. The van der Waals surface area contributed by atoms with Crippen LogP contribution in [0.4, 0.5) is 0 Å². The van der Waals surface area contributed by atoms with E-state index in [0.29, 0.717) is 11.9 Å². The molecule has 1 N–H and O–H groups in total. The fraction of sp³-hybridized carbons (Fsp3) is 0.667. The summed E-state index contributed by atoms with van der Waals surface area (Å²) < 4.78 is 5.07. The van der Waals surface area contributed by atoms with E-state index in [1.54, 1.807) is 7.11 Å². The number of methoxy groups -OCH3 is 1. The normalized spacial score (nSPS) is 28.1. The first-order valence-corrected chi connectivity index (χ1v) is 6.93. The van der Waals surface area contributed by atoms with Gasteiger partial charge in [-0.15, -0.1) is 0 Å². The van der Waals surface area contributed by atoms with Crippen LogP contribution in [-0.2, 0) is 6.54 Å². The Morgan fingerprint density at radius 3 is 2.56 bits per heavy atom. The molecule has 1 heterocycles. The quantitative estimate of drug-likeness (QED) is 0.889. The molecule has 3 nitrogen and oxygen atoms in total. The lowest BCUT2D eigenvalue weighted by Gasteiger charge is -2.35. The second-order valence-electron chi connectivity index (χ2n) is 5.50. The van der Waals surface area contributed by atoms with E-state index in [-0.39, 0.29) is 0 Å². The smallest absolute Gasteiger partial charge is 0.212 e. The van der Waals surface area contributed by atoms with Crippen molar-refractivity contribution in [2.45, 2.75) is 45.7 Å². The highest BCUT2D eigenvalue weighted by Gasteiger charge is 2.26. The lowest BCUT2D eigenvalue weighted by Crippen LogP contribution is -2.42. The molecule has 0 bridgehead atoms. The molecule has 0 radical (unpaired) electrons. The molecule has 0 saturated heterocycles. The lowest BCUT2D eigenvalue weighted by molar-refractivity contribution is 0.207. The maximum absolute atomic E-state index is 5.07. The van der Waals surface area contributed by atoms with Gasteiger partial charge in [-0.25, -0.2) is 4.98 Å². The van der Waals surface area contributed by atoms with Gasteiger partial charge in [-0.2, -0.15) is 0 Å². The van der Waals surface area contributed by atoms with Crippen LogP contribution in [0.25, 0.3) is 0 Å². The molecule has 1 aliphatic carbocycles. The molecular weight excluding hydrogens is 224 g/mol. The van der Waals surface area contributed by atoms with Crippen molar-refractivity contribution in [2.75, 3.05) is 7.11 Å². The van der Waals surface area contributed by atoms with Crippen molar-refractivity contribution in [3.63, 3.8) is 0 Å². The molecule has 0 spiro atoms. The van der Waals surface area contributed by atoms with Crippen LogP contribution in [0.1, 0.15) is 38.7 Å². The van der Waals surface area contributed by atoms with Crippen LogP contribution in [0, 0.1) is 11.8 Å². The first-order valence-electron chi connectivity index (χ1n) is 6.93. The van der Waals surface area contributed by atoms with Gasteiger partial charge >= 0.3 is 0 Å². The molecule has 2 atom stereocenters. The average molecular weight is 248 g/mol. The second kappa shape index (κ2) is 6.19. The minimum Gasteiger partial charge on any atom is -0.481 e. The van der Waals surface area contributed by atoms with E-state index in [4.69, 9.17) is 4.74 Å². The third kappa shape index (κ3) is 3.22. The Morgan fingerprint density at radius 1 is 1.28 bits per heavy atom. The number of aromatic nitrogens is 1. The summed E-state index contributed by atoms with van der Waals surface area (Å²) >= 11 is 0. The predicted molar refractivity (Wildman–Crippen MR) is 73.6 cm³/mol. The number of nitrogens with zero attached hydrogens (tertiary/aromatic N) is 1. The predicted octanol–water partition coefficient (Wildman–Crippen LogP) is 3.00. The molecule has 1 aromatic rings. The fourth-order valence-corrected chi connectivity index (χ4v) is 2.96. The summed E-state index contributed by atoms with van der Waals surface area (Å²) in [5, 5.41) is 3.69. The van der Waals surface area contributed by atoms with Crippen molar-refractivity contribution in [2.24, 2.45) is 11.8 Å². The van der Waals surface area contributed by atoms with E-state index in [0.717, 1.165) is 18.4 Å². The Bertz CT molecular complexity index is 353. The standard InChI is InChI=1S/C15H24N2O/c1-11-5-4-6-12(2)15(11)17-10-13-7-8-14(18-3)16-9-13/h7-9,11-12,15,17H,4-6,10H2,1-3H3. The van der Waals surface area contributed by atoms with Crippen LogP contribution in [0.3, 0.4) is 0 Å². The van der Waals surface area contributed by atoms with Crippen molar-refractivity contribution >= 4 is 0 Å². The Balaban J connectivity index is 1.89. The van der Waals surface area contributed by atoms with Gasteiger partial charge in [0, 0.05) is 24.8 Å². The maximum Gasteiger partial charge on any atom is 0.212 e. The number of ether oxygens (including phenoxy) is 1. The summed E-state index contributed by atoms with van der Waals surface area (Å²) in [4.78, 5) is 4.24. The zero-order chi connectivity index (χ0) is 13.0. The minimum absolute atomic E-state index is 0.640. The molecule has 2 unspecified atom stereocenters. The van der Waals surface area contributed by atoms with E-state index >= 15 is 0 Å². The van der Waals surface area contributed by atoms with Gasteiger partial charge in [0.25, 0.3) is 0 Å². The van der Waals surface area contributed by atoms with Gasteiger partial charge in [-0.1, -0.05) is 26.3 Å². The molecule has 1 saturated carbocycles. The van der Waals surface area contributed by atoms with Crippen LogP contribution >= 0.6 is 0 Å². The topological polar surface area (TPSA) is 34.1 Å². The van der Waals surface area contributed by atoms with Crippen LogP contribution in [0.15, 0.2) is 18.3 Å². The summed E-state index contributed by atoms with van der Waals surface area (Å²) in [6.07, 6.45) is 5.97. The van der Waals surface area contributed by atoms with Crippen LogP contribution in [0.5, 0.6) is 5.88 Å². The summed E-state index contributed by atoms with van der Waals surface area (Å²) in [6.45, 7) is 5.62. The van der Waals surface area contributed by atoms with Crippen LogP contribution < -0.4 is 10.1 Å². The van der Waals surface area contributed by atoms with Crippen molar-refractivity contribution in [1.29, 1.82) is 0 Å². The number of nitrogens with one attached hydrogen (secondary N) is 1. The Hall–Kier alpha value is -1.09. The summed E-state index contributed by atoms with van der Waals surface area (Å²) in [5.74, 6) is 2.23. The monoisotopic (exact) mass is 248 g/mol. The number of rotatable bonds is 4. The Morgan fingerprint density at radius 2 is 2.00 bits per heavy atom. The van der Waals surface area contributed by atoms with Crippen LogP contribution in [0.2, 0.25) is 0 Å². The molecular formula is C15H24N2O. The highest BCUT2D eigenvalue weighted by atomic mass is 16.5. The third-order valence-electron chi connectivity index (χ3n) is 4.09. The molecule has 100 valence electrons. The van der Waals surface area contributed by atoms with Gasteiger partial charge in [0.2, 0.25) is 5.88 Å². The molecule has 0 aliphatic heterocycles. The number of hydrogen-bond acceptors (Lipinski definition) is 3. The van der Waals surface area contributed by atoms with Crippen molar-refractivity contribution in [3.05, 3.63) is 23.9 Å². The second-order valence-corrected chi connectivity index (χ2v) is 5.50. The van der Waals surface area contributed by atoms with E-state index in [2.05, 4.69) is 30.2 Å². The highest BCUT2D eigenvalue weighted by Crippen LogP contribution is 2.28. The third-order valence-corrected chi connectivity index (χ3v) is 4.09. The molecule has 0 amide bonds. The zero-order valence-corrected chi connectivity index (χ0v) is 11.6. The van der Waals surface area contributed by atoms with Gasteiger partial charge in [-0.05, 0) is 30.2 Å². The van der Waals surface area contributed by atoms with E-state index in [9.17, 15) is 0 Å². The first-order chi connectivity index (χ1) is 8.70. The molecule has 0 aromatic carbocycles. The molecule has 1 aliphatic rings. The van der Waals surface area contributed by atoms with Gasteiger partial charge < -0.3 is 10.1 Å². The van der Waals surface area contributed by atoms with E-state index in [1.165, 1.54) is 24.8 Å². The minimum atomic E-state index is 0.640. The molecule has 1 aromatic heterocycles. The Labute approximate surface area is 110 Å². The fourth-order valence-electron chi connectivity index (χ4n) is 2.96. The van der Waals surface area contributed by atoms with Gasteiger partial charge in [0.05, 0.1) is 7.11 Å². The maximum atomic E-state index is 5.07. The summed E-state index contributed by atoms with van der Waals surface area (Å²) in [5.41, 5.74) is 1.22. The largest absolute Gasteiger partial charge is 0.481 e. The van der Waals surface area contributed by atoms with Crippen LogP contribution in [-0.4, -0.2) is 18.1 Å². The van der Waals surface area contributed by atoms with Gasteiger partial charge in [-0.3, -0.25) is 0 Å². The lowest BCUT2D eigenvalue weighted by atomic mass is 9.78. The number of hydrogen-bond donors (Lipinski definition) is 1. The molecule has 2 rings (SSSR count). The van der Waals surface area contributed by atoms with Gasteiger partial charge in [0.1, 0.15) is 0 Å². The zero-order valence-electron chi connectivity index (χ0n) is 11.6. The van der Waals surface area contributed by atoms with Crippen molar-refractivity contribution in [3.8, 4) is 5.88 Å². The SMILES string of the molecule is COc1ccc(CNC2C(C)CCCC2C)cn1. The van der Waals surface area contributed by atoms with Crippen molar-refractivity contribution < 1.29 is 4.74 Å². The average Bonchev–Trinajstić information content (AvgIpc) is 2.39. The number of pyridine rings is 1.